The molecule has 76 heavy (non-hydrogen) atoms. The third kappa shape index (κ3) is 59.4. The summed E-state index contributed by atoms with van der Waals surface area (Å²) in [5, 5.41) is 0. The molecule has 10 heteroatoms. The number of unbranched alkanes of at least 4 members (excludes halogenated alkanes) is 17. The number of rotatable bonds is 53. The van der Waals surface area contributed by atoms with Crippen LogP contribution in [0.1, 0.15) is 219 Å². The Kier molecular flexibility index (Phi) is 53.1. The van der Waals surface area contributed by atoms with Crippen molar-refractivity contribution in [2.75, 3.05) is 47.5 Å². The number of likely N-dealkylation sites (N-methyl/N-ethyl adjacent to an activating group) is 1. The van der Waals surface area contributed by atoms with Gasteiger partial charge in [-0.05, 0) is 116 Å². The van der Waals surface area contributed by atoms with Crippen LogP contribution in [0, 0.1) is 0 Å². The highest BCUT2D eigenvalue weighted by molar-refractivity contribution is 7.45. The van der Waals surface area contributed by atoms with Crippen molar-refractivity contribution in [3.63, 3.8) is 0 Å². The molecule has 0 N–H and O–H groups in total. The van der Waals surface area contributed by atoms with Crippen LogP contribution < -0.4 is 4.89 Å². The first-order valence-corrected chi connectivity index (χ1v) is 31.4. The van der Waals surface area contributed by atoms with Gasteiger partial charge in [0.05, 0.1) is 27.7 Å². The lowest BCUT2D eigenvalue weighted by Gasteiger charge is -2.28. The van der Waals surface area contributed by atoms with Gasteiger partial charge >= 0.3 is 11.9 Å². The van der Waals surface area contributed by atoms with E-state index in [4.69, 9.17) is 18.5 Å². The molecule has 0 aromatic heterocycles. The van der Waals surface area contributed by atoms with Gasteiger partial charge in [0.25, 0.3) is 7.82 Å². The van der Waals surface area contributed by atoms with Crippen LogP contribution in [0.5, 0.6) is 0 Å². The summed E-state index contributed by atoms with van der Waals surface area (Å²) in [4.78, 5) is 37.8. The normalized spacial score (nSPS) is 14.2. The molecule has 0 spiro atoms. The van der Waals surface area contributed by atoms with Gasteiger partial charge in [0.1, 0.15) is 19.8 Å². The van der Waals surface area contributed by atoms with Crippen molar-refractivity contribution in [3.05, 3.63) is 134 Å². The number of phosphoric acid groups is 1. The molecule has 0 radical (unpaired) electrons. The van der Waals surface area contributed by atoms with Crippen molar-refractivity contribution in [2.24, 2.45) is 0 Å². The van der Waals surface area contributed by atoms with Crippen LogP contribution in [0.3, 0.4) is 0 Å². The van der Waals surface area contributed by atoms with E-state index in [1.807, 2.05) is 21.1 Å². The minimum atomic E-state index is -4.65. The molecule has 0 aliphatic carbocycles. The maximum atomic E-state index is 12.8. The fraction of sp³-hybridized carbons (Fsp3) is 0.636. The van der Waals surface area contributed by atoms with Gasteiger partial charge in [0.15, 0.2) is 6.10 Å². The van der Waals surface area contributed by atoms with Crippen molar-refractivity contribution in [1.82, 2.24) is 0 Å². The molecule has 432 valence electrons. The van der Waals surface area contributed by atoms with E-state index in [9.17, 15) is 19.0 Å². The highest BCUT2D eigenvalue weighted by Crippen LogP contribution is 2.38. The highest BCUT2D eigenvalue weighted by Gasteiger charge is 2.21. The molecule has 0 rings (SSSR count). The van der Waals surface area contributed by atoms with E-state index < -0.39 is 32.5 Å². The van der Waals surface area contributed by atoms with Crippen molar-refractivity contribution in [1.29, 1.82) is 0 Å². The molecule has 0 fully saturated rings. The summed E-state index contributed by atoms with van der Waals surface area (Å²) in [5.74, 6) is -0.865. The zero-order valence-electron chi connectivity index (χ0n) is 48.9. The summed E-state index contributed by atoms with van der Waals surface area (Å²) in [5.41, 5.74) is 0. The quantitative estimate of drug-likeness (QED) is 0.0195. The molecule has 0 aliphatic rings. The lowest BCUT2D eigenvalue weighted by Crippen LogP contribution is -2.37. The van der Waals surface area contributed by atoms with Crippen molar-refractivity contribution in [2.45, 2.75) is 225 Å². The smallest absolute Gasteiger partial charge is 0.306 e. The van der Waals surface area contributed by atoms with Crippen LogP contribution in [-0.4, -0.2) is 70.0 Å². The zero-order valence-corrected chi connectivity index (χ0v) is 49.8. The van der Waals surface area contributed by atoms with E-state index in [0.717, 1.165) is 122 Å². The van der Waals surface area contributed by atoms with E-state index in [0.29, 0.717) is 23.9 Å². The molecule has 0 aromatic carbocycles. The van der Waals surface area contributed by atoms with Gasteiger partial charge < -0.3 is 27.9 Å². The first kappa shape index (κ1) is 72.2. The number of carbonyl (C=O) groups excluding carboxylic acids is 2. The Hall–Kier alpha value is -3.85. The van der Waals surface area contributed by atoms with Gasteiger partial charge in [-0.2, -0.15) is 0 Å². The third-order valence-electron chi connectivity index (χ3n) is 12.2. The molecule has 0 amide bonds. The van der Waals surface area contributed by atoms with E-state index in [1.165, 1.54) is 57.8 Å². The highest BCUT2D eigenvalue weighted by atomic mass is 31.2. The summed E-state index contributed by atoms with van der Waals surface area (Å²) in [7, 11) is 1.14. The van der Waals surface area contributed by atoms with Crippen LogP contribution >= 0.6 is 7.82 Å². The average Bonchev–Trinajstić information content (AvgIpc) is 3.38. The van der Waals surface area contributed by atoms with Crippen LogP contribution in [0.25, 0.3) is 0 Å². The molecule has 0 bridgehead atoms. The minimum Gasteiger partial charge on any atom is -0.756 e. The van der Waals surface area contributed by atoms with Gasteiger partial charge in [0, 0.05) is 12.8 Å². The summed E-state index contributed by atoms with van der Waals surface area (Å²) in [6.45, 7) is 4.05. The Balaban J connectivity index is 4.15. The number of hydrogen-bond donors (Lipinski definition) is 0. The number of esters is 2. The second-order valence-corrected chi connectivity index (χ2v) is 22.0. The van der Waals surface area contributed by atoms with E-state index in [-0.39, 0.29) is 26.1 Å². The fourth-order valence-corrected chi connectivity index (χ4v) is 8.29. The number of carbonyl (C=O) groups is 2. The summed E-state index contributed by atoms with van der Waals surface area (Å²) < 4.78 is 34.1. The minimum absolute atomic E-state index is 0.0410. The molecule has 0 aromatic rings. The number of phosphoric ester groups is 1. The number of nitrogens with zero attached hydrogens (tertiary/aromatic N) is 1. The molecule has 0 aliphatic heterocycles. The second kappa shape index (κ2) is 55.9. The number of quaternary nitrogens is 1. The molecule has 9 nitrogen and oxygen atoms in total. The van der Waals surface area contributed by atoms with Gasteiger partial charge in [-0.3, -0.25) is 14.2 Å². The van der Waals surface area contributed by atoms with E-state index >= 15 is 0 Å². The van der Waals surface area contributed by atoms with Crippen molar-refractivity contribution in [3.8, 4) is 0 Å². The standard InChI is InChI=1S/C66H110NO8P/c1-6-8-10-12-14-16-18-20-22-23-24-25-26-27-28-29-30-31-32-33-34-35-36-37-38-39-40-41-42-43-45-47-49-51-53-55-57-59-66(69)75-64(63-74-76(70,71)73-61-60-67(3,4)5)62-72-65(68)58-56-54-52-50-48-46-44-21-19-17-15-13-11-9-7-2/h8,10,14-17,20-22,24-25,27-28,30-31,33-34,36-37,39-40,44,64H,6-7,9,11-13,18-19,23,26,29,32,35,38,41-43,45-63H2,1-5H3/b10-8-,16-14-,17-15-,22-20-,25-24-,28-27-,31-30-,34-33-,37-36-,40-39-,44-21-. The van der Waals surface area contributed by atoms with Crippen LogP contribution in [0.15, 0.2) is 134 Å². The largest absolute Gasteiger partial charge is 0.756 e. The predicted molar refractivity (Wildman–Crippen MR) is 323 cm³/mol. The molecule has 2 atom stereocenters. The zero-order chi connectivity index (χ0) is 55.6. The topological polar surface area (TPSA) is 111 Å². The Morgan fingerprint density at radius 2 is 0.750 bits per heavy atom. The lowest BCUT2D eigenvalue weighted by molar-refractivity contribution is -0.870. The molecular formula is C66H110NO8P. The average molecular weight is 1080 g/mol. The number of hydrogen-bond acceptors (Lipinski definition) is 8. The van der Waals surface area contributed by atoms with Gasteiger partial charge in [0.2, 0.25) is 0 Å². The SMILES string of the molecule is CC/C=C\C/C=C\C/C=C\C/C=C\C/C=C\C/C=C\C/C=C\C/C=C\C/C=C\CCCCCCCCCCCC(=O)OC(COC(=O)CCCCCCC/C=C\C/C=C\CCCCC)COP(=O)([O-])OCC[N+](C)(C)C. The first-order valence-electron chi connectivity index (χ1n) is 29.9. The molecular weight excluding hydrogens is 966 g/mol. The second-order valence-electron chi connectivity index (χ2n) is 20.6. The summed E-state index contributed by atoms with van der Waals surface area (Å²) in [6, 6.07) is 0. The monoisotopic (exact) mass is 1080 g/mol. The Labute approximate surface area is 466 Å². The number of allylic oxidation sites excluding steroid dienone is 22. The summed E-state index contributed by atoms with van der Waals surface area (Å²) >= 11 is 0. The van der Waals surface area contributed by atoms with Crippen LogP contribution in [0.4, 0.5) is 0 Å². The van der Waals surface area contributed by atoms with Crippen LogP contribution in [0.2, 0.25) is 0 Å². The molecule has 0 saturated heterocycles. The maximum Gasteiger partial charge on any atom is 0.306 e. The Bertz CT molecular complexity index is 1740. The van der Waals surface area contributed by atoms with Gasteiger partial charge in [-0.1, -0.05) is 225 Å². The number of ether oxygens (including phenoxy) is 2. The van der Waals surface area contributed by atoms with Gasteiger partial charge in [-0.25, -0.2) is 0 Å². The Morgan fingerprint density at radius 1 is 0.421 bits per heavy atom. The first-order chi connectivity index (χ1) is 37.0. The summed E-state index contributed by atoms with van der Waals surface area (Å²) in [6.07, 6.45) is 80.7. The van der Waals surface area contributed by atoms with Crippen LogP contribution in [-0.2, 0) is 32.7 Å². The fourth-order valence-electron chi connectivity index (χ4n) is 7.56. The third-order valence-corrected chi connectivity index (χ3v) is 13.1. The maximum absolute atomic E-state index is 12.8. The predicted octanol–water partition coefficient (Wildman–Crippen LogP) is 18.3. The van der Waals surface area contributed by atoms with Crippen molar-refractivity contribution >= 4 is 19.8 Å². The Morgan fingerprint density at radius 3 is 1.12 bits per heavy atom. The van der Waals surface area contributed by atoms with Gasteiger partial charge in [-0.15, -0.1) is 0 Å². The molecule has 0 saturated carbocycles. The van der Waals surface area contributed by atoms with Crippen molar-refractivity contribution < 1.29 is 42.1 Å². The lowest BCUT2D eigenvalue weighted by atomic mass is 10.1. The molecule has 0 heterocycles. The van der Waals surface area contributed by atoms with E-state index in [2.05, 4.69) is 148 Å². The molecule has 2 unspecified atom stereocenters. The van der Waals surface area contributed by atoms with E-state index in [1.54, 1.807) is 0 Å².